The first-order valence-electron chi connectivity index (χ1n) is 6.42. The van der Waals surface area contributed by atoms with Gasteiger partial charge in [0, 0.05) is 5.75 Å². The summed E-state index contributed by atoms with van der Waals surface area (Å²) in [5.41, 5.74) is 1.76. The summed E-state index contributed by atoms with van der Waals surface area (Å²) in [4.78, 5) is 0. The Labute approximate surface area is 115 Å². The number of aliphatic hydroxyl groups excluding tert-OH is 1. The van der Waals surface area contributed by atoms with Crippen LogP contribution in [0.25, 0.3) is 0 Å². The molecule has 1 aromatic carbocycles. The van der Waals surface area contributed by atoms with Crippen LogP contribution < -0.4 is 4.74 Å². The van der Waals surface area contributed by atoms with Crippen molar-refractivity contribution in [2.75, 3.05) is 18.6 Å². The fourth-order valence-corrected chi connectivity index (χ4v) is 2.81. The molecule has 0 bridgehead atoms. The maximum atomic E-state index is 11.4. The second-order valence-corrected chi connectivity index (χ2v) is 7.10. The highest BCUT2D eigenvalue weighted by molar-refractivity contribution is 7.91. The van der Waals surface area contributed by atoms with Gasteiger partial charge in [-0.1, -0.05) is 13.0 Å². The molecule has 1 rings (SSSR count). The van der Waals surface area contributed by atoms with Gasteiger partial charge in [0.05, 0.1) is 19.0 Å². The monoisotopic (exact) mass is 286 g/mol. The van der Waals surface area contributed by atoms with Crippen LogP contribution in [0.3, 0.4) is 0 Å². The molecular formula is C14H22O4S. The van der Waals surface area contributed by atoms with Crippen molar-refractivity contribution in [2.24, 2.45) is 0 Å². The predicted molar refractivity (Wildman–Crippen MR) is 76.3 cm³/mol. The van der Waals surface area contributed by atoms with E-state index in [1.807, 2.05) is 25.1 Å². The first-order valence-corrected chi connectivity index (χ1v) is 8.24. The summed E-state index contributed by atoms with van der Waals surface area (Å²) in [5.74, 6) is 1.07. The second-order valence-electron chi connectivity index (χ2n) is 4.62. The molecule has 0 fully saturated rings. The molecule has 1 atom stereocenters. The first kappa shape index (κ1) is 16.0. The molecular weight excluding hydrogens is 264 g/mol. The van der Waals surface area contributed by atoms with Crippen LogP contribution in [0.2, 0.25) is 0 Å². The summed E-state index contributed by atoms with van der Waals surface area (Å²) in [7, 11) is -1.34. The van der Waals surface area contributed by atoms with Crippen molar-refractivity contribution in [3.8, 4) is 5.75 Å². The summed E-state index contributed by atoms with van der Waals surface area (Å²) in [5, 5.41) is 10.0. The molecule has 4 nitrogen and oxygen atoms in total. The number of benzene rings is 1. The number of ether oxygens (including phenoxy) is 1. The molecule has 0 amide bonds. The summed E-state index contributed by atoms with van der Waals surface area (Å²) >= 11 is 0. The summed E-state index contributed by atoms with van der Waals surface area (Å²) in [6.45, 7) is 3.55. The van der Waals surface area contributed by atoms with Gasteiger partial charge in [0.25, 0.3) is 0 Å². The first-order chi connectivity index (χ1) is 8.89. The van der Waals surface area contributed by atoms with Crippen LogP contribution in [-0.4, -0.2) is 32.1 Å². The lowest BCUT2D eigenvalue weighted by atomic mass is 10.0. The maximum absolute atomic E-state index is 11.4. The van der Waals surface area contributed by atoms with Crippen LogP contribution in [-0.2, 0) is 9.84 Å². The highest BCUT2D eigenvalue weighted by Gasteiger charge is 2.12. The zero-order valence-electron chi connectivity index (χ0n) is 11.7. The van der Waals surface area contributed by atoms with Gasteiger partial charge in [-0.25, -0.2) is 8.42 Å². The molecule has 0 aromatic heterocycles. The minimum absolute atomic E-state index is 0.135. The van der Waals surface area contributed by atoms with Gasteiger partial charge in [-0.15, -0.1) is 0 Å². The van der Waals surface area contributed by atoms with E-state index in [1.165, 1.54) is 0 Å². The largest absolute Gasteiger partial charge is 0.496 e. The molecule has 1 unspecified atom stereocenters. The van der Waals surface area contributed by atoms with Gasteiger partial charge in [-0.2, -0.15) is 0 Å². The SMILES string of the molecule is CCS(=O)(=O)CCCC(O)c1ccc(OC)c(C)c1. The lowest BCUT2D eigenvalue weighted by Gasteiger charge is -2.13. The minimum atomic E-state index is -2.95. The molecule has 0 heterocycles. The van der Waals surface area contributed by atoms with E-state index in [1.54, 1.807) is 14.0 Å². The van der Waals surface area contributed by atoms with E-state index < -0.39 is 15.9 Å². The van der Waals surface area contributed by atoms with Crippen molar-refractivity contribution in [2.45, 2.75) is 32.8 Å². The molecule has 5 heteroatoms. The zero-order valence-corrected chi connectivity index (χ0v) is 12.5. The van der Waals surface area contributed by atoms with Crippen LogP contribution in [0, 0.1) is 6.92 Å². The maximum Gasteiger partial charge on any atom is 0.150 e. The Morgan fingerprint density at radius 1 is 1.37 bits per heavy atom. The van der Waals surface area contributed by atoms with Crippen LogP contribution in [0.15, 0.2) is 18.2 Å². The molecule has 0 aliphatic rings. The Kier molecular flexibility index (Phi) is 5.82. The van der Waals surface area contributed by atoms with E-state index >= 15 is 0 Å². The Bertz CT molecular complexity index is 508. The van der Waals surface area contributed by atoms with E-state index in [0.29, 0.717) is 12.8 Å². The molecule has 108 valence electrons. The van der Waals surface area contributed by atoms with Gasteiger partial charge >= 0.3 is 0 Å². The lowest BCUT2D eigenvalue weighted by molar-refractivity contribution is 0.166. The topological polar surface area (TPSA) is 63.6 Å². The van der Waals surface area contributed by atoms with Gasteiger partial charge in [-0.05, 0) is 43.0 Å². The van der Waals surface area contributed by atoms with E-state index in [2.05, 4.69) is 0 Å². The van der Waals surface area contributed by atoms with Crippen LogP contribution >= 0.6 is 0 Å². The van der Waals surface area contributed by atoms with Crippen molar-refractivity contribution < 1.29 is 18.3 Å². The van der Waals surface area contributed by atoms with Gasteiger partial charge < -0.3 is 9.84 Å². The number of sulfone groups is 1. The van der Waals surface area contributed by atoms with E-state index in [4.69, 9.17) is 4.74 Å². The fourth-order valence-electron chi connectivity index (χ4n) is 1.92. The number of hydrogen-bond donors (Lipinski definition) is 1. The van der Waals surface area contributed by atoms with E-state index in [0.717, 1.165) is 16.9 Å². The average Bonchev–Trinajstić information content (AvgIpc) is 2.38. The molecule has 0 spiro atoms. The molecule has 19 heavy (non-hydrogen) atoms. The molecule has 1 aromatic rings. The van der Waals surface area contributed by atoms with Crippen molar-refractivity contribution in [1.29, 1.82) is 0 Å². The number of aryl methyl sites for hydroxylation is 1. The average molecular weight is 286 g/mol. The molecule has 1 N–H and O–H groups in total. The van der Waals surface area contributed by atoms with Crippen molar-refractivity contribution in [3.05, 3.63) is 29.3 Å². The van der Waals surface area contributed by atoms with E-state index in [9.17, 15) is 13.5 Å². The quantitative estimate of drug-likeness (QED) is 0.835. The van der Waals surface area contributed by atoms with Crippen molar-refractivity contribution in [3.63, 3.8) is 0 Å². The predicted octanol–water partition coefficient (Wildman–Crippen LogP) is 2.25. The van der Waals surface area contributed by atoms with Crippen molar-refractivity contribution >= 4 is 9.84 Å². The van der Waals surface area contributed by atoms with Gasteiger partial charge in [0.1, 0.15) is 15.6 Å². The molecule has 0 radical (unpaired) electrons. The van der Waals surface area contributed by atoms with Crippen LogP contribution in [0.4, 0.5) is 0 Å². The Balaban J connectivity index is 2.59. The number of rotatable bonds is 7. The third-order valence-corrected chi connectivity index (χ3v) is 4.97. The molecule has 0 aliphatic carbocycles. The van der Waals surface area contributed by atoms with Gasteiger partial charge in [-0.3, -0.25) is 0 Å². The smallest absolute Gasteiger partial charge is 0.150 e. The number of methoxy groups -OCH3 is 1. The number of aliphatic hydroxyl groups is 1. The normalized spacial score (nSPS) is 13.3. The fraction of sp³-hybridized carbons (Fsp3) is 0.571. The summed E-state index contributed by atoms with van der Waals surface area (Å²) in [6.07, 6.45) is 0.296. The molecule has 0 saturated carbocycles. The molecule has 0 aliphatic heterocycles. The van der Waals surface area contributed by atoms with E-state index in [-0.39, 0.29) is 11.5 Å². The standard InChI is InChI=1S/C14H22O4S/c1-4-19(16,17)9-5-6-13(15)12-7-8-14(18-3)11(2)10-12/h7-8,10,13,15H,4-6,9H2,1-3H3. The second kappa shape index (κ2) is 6.91. The van der Waals surface area contributed by atoms with Crippen molar-refractivity contribution in [1.82, 2.24) is 0 Å². The Hall–Kier alpha value is -1.07. The van der Waals surface area contributed by atoms with Gasteiger partial charge in [0.15, 0.2) is 0 Å². The highest BCUT2D eigenvalue weighted by Crippen LogP contribution is 2.25. The third kappa shape index (κ3) is 4.84. The minimum Gasteiger partial charge on any atom is -0.496 e. The number of hydrogen-bond acceptors (Lipinski definition) is 4. The highest BCUT2D eigenvalue weighted by atomic mass is 32.2. The zero-order chi connectivity index (χ0) is 14.5. The van der Waals surface area contributed by atoms with Crippen LogP contribution in [0.5, 0.6) is 5.75 Å². The Morgan fingerprint density at radius 2 is 2.05 bits per heavy atom. The lowest BCUT2D eigenvalue weighted by Crippen LogP contribution is -2.10. The van der Waals surface area contributed by atoms with Gasteiger partial charge in [0.2, 0.25) is 0 Å². The summed E-state index contributed by atoms with van der Waals surface area (Å²) in [6, 6.07) is 5.50. The molecule has 0 saturated heterocycles. The van der Waals surface area contributed by atoms with Crippen LogP contribution in [0.1, 0.15) is 37.0 Å². The Morgan fingerprint density at radius 3 is 2.58 bits per heavy atom. The summed E-state index contributed by atoms with van der Waals surface area (Å²) < 4.78 is 27.9. The third-order valence-electron chi connectivity index (χ3n) is 3.18.